The molecule has 2 fully saturated rings. The molecule has 0 spiro atoms. The van der Waals surface area contributed by atoms with Gasteiger partial charge in [0.15, 0.2) is 9.84 Å². The Morgan fingerprint density at radius 2 is 1.63 bits per heavy atom. The number of carbonyl (C=O) groups is 1. The molecule has 2 saturated heterocycles. The first-order valence-electron chi connectivity index (χ1n) is 8.67. The molecule has 2 aliphatic heterocycles. The van der Waals surface area contributed by atoms with E-state index in [1.807, 2.05) is 18.2 Å². The molecule has 4 unspecified atom stereocenters. The molecule has 2 heterocycles. The number of rotatable bonds is 5. The molecule has 4 atom stereocenters. The highest BCUT2D eigenvalue weighted by atomic mass is 32.2. The van der Waals surface area contributed by atoms with Gasteiger partial charge >= 0.3 is 0 Å². The average Bonchev–Trinajstić information content (AvgIpc) is 3.30. The van der Waals surface area contributed by atoms with Gasteiger partial charge in [0.1, 0.15) is 16.7 Å². The van der Waals surface area contributed by atoms with Crippen LogP contribution in [-0.2, 0) is 19.4 Å². The molecule has 142 valence electrons. The van der Waals surface area contributed by atoms with Crippen molar-refractivity contribution in [1.82, 2.24) is 5.48 Å². The van der Waals surface area contributed by atoms with Crippen molar-refractivity contribution in [1.29, 1.82) is 0 Å². The zero-order chi connectivity index (χ0) is 19.0. The van der Waals surface area contributed by atoms with Crippen molar-refractivity contribution in [3.8, 4) is 11.5 Å². The van der Waals surface area contributed by atoms with Crippen molar-refractivity contribution in [2.24, 2.45) is 5.92 Å². The number of benzene rings is 2. The van der Waals surface area contributed by atoms with Crippen LogP contribution in [0.1, 0.15) is 12.8 Å². The van der Waals surface area contributed by atoms with Gasteiger partial charge in [-0.2, -0.15) is 0 Å². The fourth-order valence-corrected chi connectivity index (χ4v) is 6.02. The van der Waals surface area contributed by atoms with Gasteiger partial charge in [-0.1, -0.05) is 18.2 Å². The number of sulfone groups is 1. The summed E-state index contributed by atoms with van der Waals surface area (Å²) in [6.45, 7) is 0. The van der Waals surface area contributed by atoms with E-state index in [0.29, 0.717) is 24.3 Å². The van der Waals surface area contributed by atoms with Crippen molar-refractivity contribution in [3.63, 3.8) is 0 Å². The molecule has 0 radical (unpaired) electrons. The third-order valence-corrected chi connectivity index (χ3v) is 7.35. The summed E-state index contributed by atoms with van der Waals surface area (Å²) in [5.41, 5.74) is 1.58. The molecule has 27 heavy (non-hydrogen) atoms. The normalized spacial score (nSPS) is 26.7. The van der Waals surface area contributed by atoms with E-state index in [9.17, 15) is 13.2 Å². The Hall–Kier alpha value is -2.42. The van der Waals surface area contributed by atoms with E-state index in [2.05, 4.69) is 0 Å². The Balaban J connectivity index is 1.59. The summed E-state index contributed by atoms with van der Waals surface area (Å²) in [6, 6.07) is 15.3. The zero-order valence-electron chi connectivity index (χ0n) is 14.3. The molecule has 2 N–H and O–H groups in total. The van der Waals surface area contributed by atoms with Gasteiger partial charge in [0.2, 0.25) is 0 Å². The molecule has 1 amide bonds. The predicted molar refractivity (Wildman–Crippen MR) is 95.2 cm³/mol. The van der Waals surface area contributed by atoms with Crippen molar-refractivity contribution >= 4 is 15.7 Å². The molecule has 0 aliphatic carbocycles. The van der Waals surface area contributed by atoms with Gasteiger partial charge in [-0.15, -0.1) is 0 Å². The largest absolute Gasteiger partial charge is 0.457 e. The van der Waals surface area contributed by atoms with E-state index in [1.54, 1.807) is 29.7 Å². The second-order valence-electron chi connectivity index (χ2n) is 6.69. The summed E-state index contributed by atoms with van der Waals surface area (Å²) >= 11 is 0. The maximum atomic E-state index is 13.1. The number of nitrogens with one attached hydrogen (secondary N) is 1. The Labute approximate surface area is 156 Å². The maximum absolute atomic E-state index is 13.1. The first kappa shape index (κ1) is 18.0. The van der Waals surface area contributed by atoms with Crippen LogP contribution in [-0.4, -0.2) is 37.0 Å². The van der Waals surface area contributed by atoms with Crippen LogP contribution in [0.2, 0.25) is 0 Å². The van der Waals surface area contributed by atoms with Crippen LogP contribution in [0.5, 0.6) is 11.5 Å². The van der Waals surface area contributed by atoms with E-state index >= 15 is 0 Å². The number of fused-ring (bicyclic) bond motifs is 2. The minimum atomic E-state index is -3.82. The van der Waals surface area contributed by atoms with Gasteiger partial charge in [-0.25, -0.2) is 13.9 Å². The summed E-state index contributed by atoms with van der Waals surface area (Å²) in [6.07, 6.45) is 0.169. The molecular formula is C19H19NO6S. The first-order valence-corrected chi connectivity index (χ1v) is 10.2. The summed E-state index contributed by atoms with van der Waals surface area (Å²) in [7, 11) is -3.82. The lowest BCUT2D eigenvalue weighted by molar-refractivity contribution is -0.134. The third-order valence-electron chi connectivity index (χ3n) is 5.11. The minimum Gasteiger partial charge on any atom is -0.457 e. The number of carbonyl (C=O) groups excluding carboxylic acids is 1. The smallest absolute Gasteiger partial charge is 0.250 e. The zero-order valence-corrected chi connectivity index (χ0v) is 15.1. The number of para-hydroxylation sites is 1. The molecular weight excluding hydrogens is 370 g/mol. The standard InChI is InChI=1S/C19H19NO6S/c21-19(20-22)17-15-10-11-16(26-15)18(17)27(23,24)14-8-6-13(7-9-14)25-12-4-2-1-3-5-12/h1-9,15-18,22H,10-11H2,(H,20,21). The van der Waals surface area contributed by atoms with Gasteiger partial charge in [-0.3, -0.25) is 10.0 Å². The highest BCUT2D eigenvalue weighted by Gasteiger charge is 2.57. The monoisotopic (exact) mass is 389 g/mol. The number of hydrogen-bond donors (Lipinski definition) is 2. The highest BCUT2D eigenvalue weighted by Crippen LogP contribution is 2.44. The van der Waals surface area contributed by atoms with Gasteiger partial charge in [-0.05, 0) is 49.2 Å². The number of hydroxylamine groups is 1. The highest BCUT2D eigenvalue weighted by molar-refractivity contribution is 7.92. The molecule has 2 aliphatic rings. The lowest BCUT2D eigenvalue weighted by Crippen LogP contribution is -2.46. The van der Waals surface area contributed by atoms with E-state index in [4.69, 9.17) is 14.7 Å². The molecule has 7 nitrogen and oxygen atoms in total. The van der Waals surface area contributed by atoms with Crippen LogP contribution in [0.15, 0.2) is 59.5 Å². The molecule has 2 aromatic carbocycles. The molecule has 4 rings (SSSR count). The van der Waals surface area contributed by atoms with E-state index < -0.39 is 39.1 Å². The molecule has 8 heteroatoms. The van der Waals surface area contributed by atoms with Crippen molar-refractivity contribution in [2.75, 3.05) is 0 Å². The molecule has 0 aromatic heterocycles. The van der Waals surface area contributed by atoms with Crippen molar-refractivity contribution in [3.05, 3.63) is 54.6 Å². The van der Waals surface area contributed by atoms with Crippen molar-refractivity contribution < 1.29 is 27.9 Å². The summed E-state index contributed by atoms with van der Waals surface area (Å²) < 4.78 is 37.6. The first-order chi connectivity index (χ1) is 13.0. The lowest BCUT2D eigenvalue weighted by Gasteiger charge is -2.26. The van der Waals surface area contributed by atoms with Crippen LogP contribution < -0.4 is 10.2 Å². The number of hydrogen-bond acceptors (Lipinski definition) is 6. The van der Waals surface area contributed by atoms with E-state index in [1.165, 1.54) is 12.1 Å². The van der Waals surface area contributed by atoms with E-state index in [0.717, 1.165) is 0 Å². The van der Waals surface area contributed by atoms with Crippen LogP contribution in [0.3, 0.4) is 0 Å². The maximum Gasteiger partial charge on any atom is 0.250 e. The summed E-state index contributed by atoms with van der Waals surface area (Å²) in [5.74, 6) is -0.484. The lowest BCUT2D eigenvalue weighted by atomic mass is 9.88. The molecule has 2 bridgehead atoms. The number of ether oxygens (including phenoxy) is 2. The molecule has 0 saturated carbocycles. The number of amides is 1. The van der Waals surface area contributed by atoms with Crippen LogP contribution >= 0.6 is 0 Å². The van der Waals surface area contributed by atoms with Gasteiger partial charge in [0.05, 0.1) is 23.0 Å². The van der Waals surface area contributed by atoms with E-state index in [-0.39, 0.29) is 4.90 Å². The Morgan fingerprint density at radius 1 is 1.00 bits per heavy atom. The van der Waals surface area contributed by atoms with Gasteiger partial charge < -0.3 is 9.47 Å². The second-order valence-corrected chi connectivity index (χ2v) is 8.79. The van der Waals surface area contributed by atoms with Crippen LogP contribution in [0.4, 0.5) is 0 Å². The second kappa shape index (κ2) is 6.95. The molecule has 2 aromatic rings. The Kier molecular flexibility index (Phi) is 4.63. The fraction of sp³-hybridized carbons (Fsp3) is 0.316. The topological polar surface area (TPSA) is 102 Å². The van der Waals surface area contributed by atoms with Gasteiger partial charge in [0, 0.05) is 0 Å². The quantitative estimate of drug-likeness (QED) is 0.601. The van der Waals surface area contributed by atoms with Crippen molar-refractivity contribution in [2.45, 2.75) is 35.2 Å². The summed E-state index contributed by atoms with van der Waals surface area (Å²) in [4.78, 5) is 12.1. The average molecular weight is 389 g/mol. The third kappa shape index (κ3) is 3.20. The van der Waals surface area contributed by atoms with Crippen LogP contribution in [0, 0.1) is 5.92 Å². The fourth-order valence-electron chi connectivity index (χ4n) is 3.90. The van der Waals surface area contributed by atoms with Gasteiger partial charge in [0.25, 0.3) is 5.91 Å². The summed E-state index contributed by atoms with van der Waals surface area (Å²) in [5, 5.41) is 7.98. The Morgan fingerprint density at radius 3 is 2.30 bits per heavy atom. The predicted octanol–water partition coefficient (Wildman–Crippen LogP) is 2.30. The SMILES string of the molecule is O=C(NO)C1C2CCC(O2)C1S(=O)(=O)c1ccc(Oc2ccccc2)cc1. The minimum absolute atomic E-state index is 0.0970. The van der Waals surface area contributed by atoms with Crippen LogP contribution in [0.25, 0.3) is 0 Å². The Bertz CT molecular complexity index is 928.